The highest BCUT2D eigenvalue weighted by Crippen LogP contribution is 2.03. The van der Waals surface area contributed by atoms with Gasteiger partial charge in [0.2, 0.25) is 0 Å². The fourth-order valence-electron chi connectivity index (χ4n) is 0.358. The summed E-state index contributed by atoms with van der Waals surface area (Å²) < 4.78 is 0. The van der Waals surface area contributed by atoms with E-state index in [0.717, 1.165) is 11.2 Å². The van der Waals surface area contributed by atoms with Gasteiger partial charge in [0.25, 0.3) is 0 Å². The SMILES string of the molecule is CC.O=Cc1cccs1. The maximum atomic E-state index is 9.88. The molecule has 0 radical (unpaired) electrons. The highest BCUT2D eigenvalue weighted by atomic mass is 32.1. The third-order valence-corrected chi connectivity index (χ3v) is 1.46. The van der Waals surface area contributed by atoms with Crippen molar-refractivity contribution in [3.05, 3.63) is 22.4 Å². The van der Waals surface area contributed by atoms with Gasteiger partial charge in [0.05, 0.1) is 4.88 Å². The van der Waals surface area contributed by atoms with Crippen LogP contribution in [-0.2, 0) is 0 Å². The van der Waals surface area contributed by atoms with Crippen molar-refractivity contribution >= 4 is 17.6 Å². The minimum absolute atomic E-state index is 0.792. The molecule has 2 heteroatoms. The van der Waals surface area contributed by atoms with Gasteiger partial charge in [-0.25, -0.2) is 0 Å². The molecule has 0 atom stereocenters. The minimum atomic E-state index is 0.792. The molecule has 0 amide bonds. The lowest BCUT2D eigenvalue weighted by Crippen LogP contribution is -1.61. The summed E-state index contributed by atoms with van der Waals surface area (Å²) in [5.74, 6) is 0. The number of thiophene rings is 1. The first-order valence-corrected chi connectivity index (χ1v) is 3.80. The Bertz CT molecular complexity index is 144. The molecule has 0 aromatic carbocycles. The topological polar surface area (TPSA) is 17.1 Å². The van der Waals surface area contributed by atoms with E-state index in [9.17, 15) is 4.79 Å². The molecule has 1 rings (SSSR count). The van der Waals surface area contributed by atoms with E-state index in [2.05, 4.69) is 0 Å². The Morgan fingerprint density at radius 1 is 1.56 bits per heavy atom. The first-order chi connectivity index (χ1) is 4.43. The molecular weight excluding hydrogens is 132 g/mol. The molecular formula is C7H10OS. The largest absolute Gasteiger partial charge is 0.297 e. The fraction of sp³-hybridized carbons (Fsp3) is 0.286. The Kier molecular flexibility index (Phi) is 5.12. The van der Waals surface area contributed by atoms with Gasteiger partial charge in [-0.1, -0.05) is 19.9 Å². The number of carbonyl (C=O) groups excluding carboxylic acids is 1. The van der Waals surface area contributed by atoms with Crippen LogP contribution in [0.25, 0.3) is 0 Å². The number of hydrogen-bond acceptors (Lipinski definition) is 2. The van der Waals surface area contributed by atoms with Crippen molar-refractivity contribution in [2.75, 3.05) is 0 Å². The van der Waals surface area contributed by atoms with Crippen LogP contribution in [0.5, 0.6) is 0 Å². The standard InChI is InChI=1S/C5H4OS.C2H6/c6-4-5-2-1-3-7-5;1-2/h1-4H;1-2H3. The minimum Gasteiger partial charge on any atom is -0.297 e. The third kappa shape index (κ3) is 3.03. The molecule has 0 aliphatic heterocycles. The summed E-state index contributed by atoms with van der Waals surface area (Å²) in [5, 5.41) is 1.88. The molecule has 0 bridgehead atoms. The summed E-state index contributed by atoms with van der Waals surface area (Å²) in [7, 11) is 0. The summed E-state index contributed by atoms with van der Waals surface area (Å²) in [6, 6.07) is 3.64. The first-order valence-electron chi connectivity index (χ1n) is 2.92. The molecule has 0 aliphatic carbocycles. The van der Waals surface area contributed by atoms with Gasteiger partial charge in [0, 0.05) is 0 Å². The molecule has 1 nitrogen and oxygen atoms in total. The molecule has 1 aromatic rings. The Morgan fingerprint density at radius 3 is 2.44 bits per heavy atom. The highest BCUT2D eigenvalue weighted by Gasteiger charge is 1.82. The van der Waals surface area contributed by atoms with Gasteiger partial charge in [0.1, 0.15) is 0 Å². The fourth-order valence-corrected chi connectivity index (χ4v) is 0.885. The number of hydrogen-bond donors (Lipinski definition) is 0. The Morgan fingerprint density at radius 2 is 2.22 bits per heavy atom. The van der Waals surface area contributed by atoms with Crippen molar-refractivity contribution in [3.63, 3.8) is 0 Å². The quantitative estimate of drug-likeness (QED) is 0.551. The van der Waals surface area contributed by atoms with Crippen LogP contribution < -0.4 is 0 Å². The van der Waals surface area contributed by atoms with Crippen LogP contribution in [-0.4, -0.2) is 6.29 Å². The molecule has 0 saturated carbocycles. The highest BCUT2D eigenvalue weighted by molar-refractivity contribution is 7.11. The molecule has 50 valence electrons. The molecule has 9 heavy (non-hydrogen) atoms. The Balaban J connectivity index is 0.000000291. The lowest BCUT2D eigenvalue weighted by Gasteiger charge is -1.66. The van der Waals surface area contributed by atoms with Gasteiger partial charge in [-0.2, -0.15) is 0 Å². The van der Waals surface area contributed by atoms with E-state index in [-0.39, 0.29) is 0 Å². The second-order valence-corrected chi connectivity index (χ2v) is 2.11. The van der Waals surface area contributed by atoms with Crippen molar-refractivity contribution in [2.45, 2.75) is 13.8 Å². The molecule has 0 spiro atoms. The van der Waals surface area contributed by atoms with Crippen LogP contribution in [0.15, 0.2) is 17.5 Å². The van der Waals surface area contributed by atoms with Gasteiger partial charge in [-0.15, -0.1) is 11.3 Å². The summed E-state index contributed by atoms with van der Waals surface area (Å²) in [4.78, 5) is 10.7. The van der Waals surface area contributed by atoms with E-state index in [1.165, 1.54) is 11.3 Å². The maximum Gasteiger partial charge on any atom is 0.159 e. The van der Waals surface area contributed by atoms with Gasteiger partial charge < -0.3 is 0 Å². The smallest absolute Gasteiger partial charge is 0.159 e. The van der Waals surface area contributed by atoms with Gasteiger partial charge in [0.15, 0.2) is 6.29 Å². The van der Waals surface area contributed by atoms with E-state index in [1.54, 1.807) is 6.07 Å². The van der Waals surface area contributed by atoms with Crippen molar-refractivity contribution in [1.29, 1.82) is 0 Å². The van der Waals surface area contributed by atoms with Crippen LogP contribution in [0, 0.1) is 0 Å². The molecule has 0 aliphatic rings. The number of rotatable bonds is 1. The van der Waals surface area contributed by atoms with Crippen LogP contribution in [0.2, 0.25) is 0 Å². The third-order valence-electron chi connectivity index (χ3n) is 0.659. The predicted octanol–water partition coefficient (Wildman–Crippen LogP) is 2.59. The van der Waals surface area contributed by atoms with Crippen LogP contribution in [0.4, 0.5) is 0 Å². The van der Waals surface area contributed by atoms with Gasteiger partial charge in [-0.05, 0) is 11.4 Å². The van der Waals surface area contributed by atoms with Crippen LogP contribution >= 0.6 is 11.3 Å². The van der Waals surface area contributed by atoms with E-state index in [0.29, 0.717) is 0 Å². The van der Waals surface area contributed by atoms with Crippen molar-refractivity contribution in [1.82, 2.24) is 0 Å². The second kappa shape index (κ2) is 5.51. The molecule has 1 aromatic heterocycles. The zero-order valence-corrected chi connectivity index (χ0v) is 6.44. The summed E-state index contributed by atoms with van der Waals surface area (Å²) >= 11 is 1.45. The lowest BCUT2D eigenvalue weighted by molar-refractivity contribution is 0.112. The monoisotopic (exact) mass is 142 g/mol. The van der Waals surface area contributed by atoms with Crippen molar-refractivity contribution < 1.29 is 4.79 Å². The van der Waals surface area contributed by atoms with Crippen LogP contribution in [0.3, 0.4) is 0 Å². The molecule has 0 fully saturated rings. The molecule has 0 N–H and O–H groups in total. The van der Waals surface area contributed by atoms with Crippen LogP contribution in [0.1, 0.15) is 23.5 Å². The maximum absolute atomic E-state index is 9.88. The summed E-state index contributed by atoms with van der Waals surface area (Å²) in [6.45, 7) is 4.00. The summed E-state index contributed by atoms with van der Waals surface area (Å²) in [5.41, 5.74) is 0. The van der Waals surface area contributed by atoms with E-state index >= 15 is 0 Å². The lowest BCUT2D eigenvalue weighted by atomic mass is 10.5. The van der Waals surface area contributed by atoms with E-state index in [4.69, 9.17) is 0 Å². The normalized spacial score (nSPS) is 7.33. The zero-order valence-electron chi connectivity index (χ0n) is 5.63. The first kappa shape index (κ1) is 8.37. The average Bonchev–Trinajstić information content (AvgIpc) is 2.43. The second-order valence-electron chi connectivity index (χ2n) is 1.13. The molecule has 0 saturated heterocycles. The Hall–Kier alpha value is -0.630. The average molecular weight is 142 g/mol. The van der Waals surface area contributed by atoms with Crippen molar-refractivity contribution in [3.8, 4) is 0 Å². The summed E-state index contributed by atoms with van der Waals surface area (Å²) in [6.07, 6.45) is 0.852. The number of carbonyl (C=O) groups is 1. The molecule has 1 heterocycles. The van der Waals surface area contributed by atoms with E-state index < -0.39 is 0 Å². The van der Waals surface area contributed by atoms with Gasteiger partial charge in [-0.3, -0.25) is 4.79 Å². The van der Waals surface area contributed by atoms with Gasteiger partial charge >= 0.3 is 0 Å². The van der Waals surface area contributed by atoms with E-state index in [1.807, 2.05) is 25.3 Å². The Labute approximate surface area is 59.3 Å². The number of aldehydes is 1. The molecule has 0 unspecified atom stereocenters. The predicted molar refractivity (Wildman–Crippen MR) is 41.1 cm³/mol. The zero-order chi connectivity index (χ0) is 7.11. The van der Waals surface area contributed by atoms with Crippen molar-refractivity contribution in [2.24, 2.45) is 0 Å².